The molecular formula is C14H21N3O2. The van der Waals surface area contributed by atoms with Crippen molar-refractivity contribution in [2.45, 2.75) is 45.2 Å². The zero-order chi connectivity index (χ0) is 13.5. The van der Waals surface area contributed by atoms with E-state index in [0.717, 1.165) is 18.4 Å². The first-order valence-corrected chi connectivity index (χ1v) is 6.90. The van der Waals surface area contributed by atoms with Gasteiger partial charge in [-0.1, -0.05) is 18.9 Å². The summed E-state index contributed by atoms with van der Waals surface area (Å²) in [6.07, 6.45) is 6.28. The van der Waals surface area contributed by atoms with E-state index in [-0.39, 0.29) is 6.03 Å². The fourth-order valence-electron chi connectivity index (χ4n) is 2.31. The van der Waals surface area contributed by atoms with E-state index in [2.05, 4.69) is 15.6 Å². The van der Waals surface area contributed by atoms with Crippen molar-refractivity contribution in [3.05, 3.63) is 23.9 Å². The molecule has 0 aromatic carbocycles. The first-order chi connectivity index (χ1) is 9.29. The van der Waals surface area contributed by atoms with Gasteiger partial charge < -0.3 is 15.4 Å². The van der Waals surface area contributed by atoms with Gasteiger partial charge in [0.05, 0.1) is 6.61 Å². The summed E-state index contributed by atoms with van der Waals surface area (Å²) in [5.41, 5.74) is 0.894. The molecule has 1 aliphatic rings. The van der Waals surface area contributed by atoms with Crippen LogP contribution in [0.4, 0.5) is 4.79 Å². The number of urea groups is 1. The number of pyridine rings is 1. The molecule has 2 rings (SSSR count). The molecular weight excluding hydrogens is 242 g/mol. The van der Waals surface area contributed by atoms with Crippen LogP contribution in [0.3, 0.4) is 0 Å². The number of rotatable bonds is 5. The second kappa shape index (κ2) is 6.97. The monoisotopic (exact) mass is 263 g/mol. The Labute approximate surface area is 113 Å². The van der Waals surface area contributed by atoms with Crippen LogP contribution in [0.2, 0.25) is 0 Å². The van der Waals surface area contributed by atoms with E-state index in [0.29, 0.717) is 25.1 Å². The van der Waals surface area contributed by atoms with Crippen LogP contribution in [0.5, 0.6) is 5.88 Å². The highest BCUT2D eigenvalue weighted by molar-refractivity contribution is 5.74. The molecule has 5 heteroatoms. The minimum atomic E-state index is -0.113. The third-order valence-corrected chi connectivity index (χ3v) is 3.26. The molecule has 2 N–H and O–H groups in total. The molecule has 0 unspecified atom stereocenters. The number of hydrogen-bond donors (Lipinski definition) is 2. The van der Waals surface area contributed by atoms with E-state index in [9.17, 15) is 4.79 Å². The molecule has 104 valence electrons. The van der Waals surface area contributed by atoms with Crippen molar-refractivity contribution in [2.75, 3.05) is 6.61 Å². The van der Waals surface area contributed by atoms with Crippen molar-refractivity contribution in [3.63, 3.8) is 0 Å². The smallest absolute Gasteiger partial charge is 0.315 e. The normalized spacial score (nSPS) is 15.2. The molecule has 1 aromatic heterocycles. The van der Waals surface area contributed by atoms with Gasteiger partial charge in [-0.25, -0.2) is 9.78 Å². The molecule has 1 fully saturated rings. The number of nitrogens with one attached hydrogen (secondary N) is 2. The summed E-state index contributed by atoms with van der Waals surface area (Å²) in [6.45, 7) is 2.92. The number of carbonyl (C=O) groups is 1. The van der Waals surface area contributed by atoms with Crippen LogP contribution in [0, 0.1) is 0 Å². The number of ether oxygens (including phenoxy) is 1. The van der Waals surface area contributed by atoms with Crippen LogP contribution in [0.1, 0.15) is 38.2 Å². The van der Waals surface area contributed by atoms with Gasteiger partial charge in [-0.2, -0.15) is 0 Å². The van der Waals surface area contributed by atoms with Crippen LogP contribution < -0.4 is 15.4 Å². The Kier molecular flexibility index (Phi) is 5.01. The largest absolute Gasteiger partial charge is 0.478 e. The fourth-order valence-corrected chi connectivity index (χ4v) is 2.31. The highest BCUT2D eigenvalue weighted by Crippen LogP contribution is 2.17. The van der Waals surface area contributed by atoms with Crippen LogP contribution in [0.25, 0.3) is 0 Å². The van der Waals surface area contributed by atoms with Gasteiger partial charge in [-0.3, -0.25) is 0 Å². The van der Waals surface area contributed by atoms with E-state index in [1.54, 1.807) is 6.20 Å². The lowest BCUT2D eigenvalue weighted by atomic mass is 10.2. The quantitative estimate of drug-likeness (QED) is 0.856. The second-order valence-corrected chi connectivity index (χ2v) is 4.71. The summed E-state index contributed by atoms with van der Waals surface area (Å²) in [6, 6.07) is 3.97. The number of amides is 2. The standard InChI is InChI=1S/C14H21N3O2/c1-2-19-13-11(6-5-9-15-13)10-16-14(18)17-12-7-3-4-8-12/h5-6,9,12H,2-4,7-8,10H2,1H3,(H2,16,17,18). The van der Waals surface area contributed by atoms with Gasteiger partial charge >= 0.3 is 6.03 Å². The summed E-state index contributed by atoms with van der Waals surface area (Å²) in [5.74, 6) is 0.589. The maximum Gasteiger partial charge on any atom is 0.315 e. The number of carbonyl (C=O) groups excluding carboxylic acids is 1. The summed E-state index contributed by atoms with van der Waals surface area (Å²) < 4.78 is 5.42. The van der Waals surface area contributed by atoms with Gasteiger partial charge in [0.1, 0.15) is 0 Å². The van der Waals surface area contributed by atoms with Crippen LogP contribution in [0.15, 0.2) is 18.3 Å². The second-order valence-electron chi connectivity index (χ2n) is 4.71. The van der Waals surface area contributed by atoms with E-state index in [1.807, 2.05) is 19.1 Å². The predicted octanol–water partition coefficient (Wildman–Crippen LogP) is 2.22. The summed E-state index contributed by atoms with van der Waals surface area (Å²) in [7, 11) is 0. The zero-order valence-electron chi connectivity index (χ0n) is 11.3. The van der Waals surface area contributed by atoms with E-state index in [1.165, 1.54) is 12.8 Å². The Balaban J connectivity index is 1.82. The number of aromatic nitrogens is 1. The minimum Gasteiger partial charge on any atom is -0.478 e. The minimum absolute atomic E-state index is 0.113. The maximum atomic E-state index is 11.8. The average molecular weight is 263 g/mol. The van der Waals surface area contributed by atoms with E-state index in [4.69, 9.17) is 4.74 Å². The molecule has 2 amide bonds. The Hall–Kier alpha value is -1.78. The van der Waals surface area contributed by atoms with Gasteiger partial charge in [0.2, 0.25) is 5.88 Å². The molecule has 0 saturated heterocycles. The summed E-state index contributed by atoms with van der Waals surface area (Å²) in [4.78, 5) is 15.9. The number of hydrogen-bond acceptors (Lipinski definition) is 3. The van der Waals surface area contributed by atoms with Crippen molar-refractivity contribution < 1.29 is 9.53 Å². The first kappa shape index (κ1) is 13.6. The fraction of sp³-hybridized carbons (Fsp3) is 0.571. The Morgan fingerprint density at radius 1 is 1.47 bits per heavy atom. The Morgan fingerprint density at radius 3 is 3.00 bits per heavy atom. The highest BCUT2D eigenvalue weighted by Gasteiger charge is 2.16. The SMILES string of the molecule is CCOc1ncccc1CNC(=O)NC1CCCC1. The van der Waals surface area contributed by atoms with Gasteiger partial charge in [-0.05, 0) is 25.8 Å². The Bertz CT molecular complexity index is 417. The van der Waals surface area contributed by atoms with E-state index < -0.39 is 0 Å². The van der Waals surface area contributed by atoms with Crippen molar-refractivity contribution in [1.29, 1.82) is 0 Å². The van der Waals surface area contributed by atoms with Gasteiger partial charge in [-0.15, -0.1) is 0 Å². The summed E-state index contributed by atoms with van der Waals surface area (Å²) >= 11 is 0. The Morgan fingerprint density at radius 2 is 2.26 bits per heavy atom. The third kappa shape index (κ3) is 4.12. The van der Waals surface area contributed by atoms with E-state index >= 15 is 0 Å². The van der Waals surface area contributed by atoms with Crippen molar-refractivity contribution in [2.24, 2.45) is 0 Å². The zero-order valence-corrected chi connectivity index (χ0v) is 11.3. The molecule has 0 bridgehead atoms. The molecule has 1 saturated carbocycles. The summed E-state index contributed by atoms with van der Waals surface area (Å²) in [5, 5.41) is 5.84. The molecule has 5 nitrogen and oxygen atoms in total. The number of nitrogens with zero attached hydrogens (tertiary/aromatic N) is 1. The van der Waals surface area contributed by atoms with Gasteiger partial charge in [0, 0.05) is 24.3 Å². The molecule has 0 atom stereocenters. The van der Waals surface area contributed by atoms with Crippen LogP contribution in [-0.2, 0) is 6.54 Å². The highest BCUT2D eigenvalue weighted by atomic mass is 16.5. The molecule has 0 aliphatic heterocycles. The van der Waals surface area contributed by atoms with Crippen molar-refractivity contribution in [1.82, 2.24) is 15.6 Å². The van der Waals surface area contributed by atoms with Crippen LogP contribution in [-0.4, -0.2) is 23.7 Å². The van der Waals surface area contributed by atoms with Crippen molar-refractivity contribution in [3.8, 4) is 5.88 Å². The molecule has 1 aromatic rings. The molecule has 1 heterocycles. The van der Waals surface area contributed by atoms with Crippen molar-refractivity contribution >= 4 is 6.03 Å². The first-order valence-electron chi connectivity index (χ1n) is 6.90. The molecule has 19 heavy (non-hydrogen) atoms. The lowest BCUT2D eigenvalue weighted by Crippen LogP contribution is -2.40. The topological polar surface area (TPSA) is 63.2 Å². The molecule has 0 spiro atoms. The third-order valence-electron chi connectivity index (χ3n) is 3.26. The predicted molar refractivity (Wildman–Crippen MR) is 73.0 cm³/mol. The lowest BCUT2D eigenvalue weighted by Gasteiger charge is -2.14. The molecule has 1 aliphatic carbocycles. The average Bonchev–Trinajstić information content (AvgIpc) is 2.91. The van der Waals surface area contributed by atoms with Gasteiger partial charge in [0.15, 0.2) is 0 Å². The lowest BCUT2D eigenvalue weighted by molar-refractivity contribution is 0.236. The van der Waals surface area contributed by atoms with Gasteiger partial charge in [0.25, 0.3) is 0 Å². The molecule has 0 radical (unpaired) electrons. The van der Waals surface area contributed by atoms with Crippen LogP contribution >= 0.6 is 0 Å². The maximum absolute atomic E-state index is 11.8.